The van der Waals surface area contributed by atoms with E-state index in [1.165, 1.54) is 5.56 Å². The molecule has 0 amide bonds. The number of carboxylic acid groups (broad SMARTS) is 1. The number of benzene rings is 1. The lowest BCUT2D eigenvalue weighted by molar-refractivity contribution is -0.138. The summed E-state index contributed by atoms with van der Waals surface area (Å²) in [7, 11) is 0. The molecule has 1 aromatic heterocycles. The first-order valence-corrected chi connectivity index (χ1v) is 7.10. The van der Waals surface area contributed by atoms with Crippen LogP contribution in [-0.4, -0.2) is 53.7 Å². The number of nitrogens with zero attached hydrogens (tertiary/aromatic N) is 3. The Morgan fingerprint density at radius 3 is 2.67 bits per heavy atom. The van der Waals surface area contributed by atoms with Gasteiger partial charge < -0.3 is 14.4 Å². The largest absolute Gasteiger partial charge is 0.480 e. The van der Waals surface area contributed by atoms with Crippen LogP contribution in [0.1, 0.15) is 11.1 Å². The van der Waals surface area contributed by atoms with Gasteiger partial charge in [-0.05, 0) is 31.0 Å². The zero-order valence-electron chi connectivity index (χ0n) is 12.3. The summed E-state index contributed by atoms with van der Waals surface area (Å²) in [5.74, 6) is -0.781. The molecule has 2 aromatic rings. The van der Waals surface area contributed by atoms with Gasteiger partial charge in [-0.2, -0.15) is 4.98 Å². The van der Waals surface area contributed by atoms with Gasteiger partial charge >= 0.3 is 5.97 Å². The molecule has 0 radical (unpaired) electrons. The molecule has 0 saturated carbocycles. The third kappa shape index (κ3) is 2.85. The second-order valence-electron chi connectivity index (χ2n) is 5.58. The third-order valence-corrected chi connectivity index (χ3v) is 3.81. The minimum atomic E-state index is -0.781. The molecule has 1 N–H and O–H groups in total. The van der Waals surface area contributed by atoms with E-state index in [2.05, 4.69) is 16.0 Å². The van der Waals surface area contributed by atoms with Crippen LogP contribution in [0.15, 0.2) is 16.5 Å². The average Bonchev–Trinajstić information content (AvgIpc) is 2.83. The Labute approximate surface area is 123 Å². The molecule has 6 heteroatoms. The van der Waals surface area contributed by atoms with E-state index in [0.29, 0.717) is 19.1 Å². The lowest BCUT2D eigenvalue weighted by Gasteiger charge is -2.32. The normalized spacial score (nSPS) is 16.6. The number of hydrogen-bond donors (Lipinski definition) is 1. The summed E-state index contributed by atoms with van der Waals surface area (Å²) >= 11 is 0. The minimum absolute atomic E-state index is 0.0969. The molecule has 1 aliphatic heterocycles. The summed E-state index contributed by atoms with van der Waals surface area (Å²) in [6, 6.07) is 4.74. The lowest BCUT2D eigenvalue weighted by atomic mass is 10.1. The first-order valence-electron chi connectivity index (χ1n) is 7.10. The molecule has 1 saturated heterocycles. The molecular weight excluding hydrogens is 270 g/mol. The van der Waals surface area contributed by atoms with Gasteiger partial charge in [0.1, 0.15) is 5.52 Å². The smallest absolute Gasteiger partial charge is 0.317 e. The van der Waals surface area contributed by atoms with Crippen LogP contribution in [0.5, 0.6) is 0 Å². The monoisotopic (exact) mass is 289 g/mol. The summed E-state index contributed by atoms with van der Waals surface area (Å²) in [6.07, 6.45) is 0. The molecule has 3 rings (SSSR count). The molecular formula is C15H19N3O3. The first-order chi connectivity index (χ1) is 10.0. The molecule has 0 unspecified atom stereocenters. The first kappa shape index (κ1) is 13.9. The third-order valence-electron chi connectivity index (χ3n) is 3.81. The van der Waals surface area contributed by atoms with E-state index < -0.39 is 5.97 Å². The van der Waals surface area contributed by atoms with Crippen molar-refractivity contribution in [1.29, 1.82) is 0 Å². The van der Waals surface area contributed by atoms with Crippen LogP contribution in [-0.2, 0) is 4.79 Å². The maximum atomic E-state index is 10.7. The second-order valence-corrected chi connectivity index (χ2v) is 5.58. The fraction of sp³-hybridized carbons (Fsp3) is 0.467. The molecule has 2 heterocycles. The molecule has 21 heavy (non-hydrogen) atoms. The number of fused-ring (bicyclic) bond motifs is 1. The minimum Gasteiger partial charge on any atom is -0.480 e. The predicted molar refractivity (Wildman–Crippen MR) is 79.8 cm³/mol. The lowest BCUT2D eigenvalue weighted by Crippen LogP contribution is -2.48. The van der Waals surface area contributed by atoms with E-state index in [4.69, 9.17) is 9.52 Å². The molecule has 112 valence electrons. The topological polar surface area (TPSA) is 69.8 Å². The molecule has 0 spiro atoms. The van der Waals surface area contributed by atoms with Crippen molar-refractivity contribution in [2.24, 2.45) is 0 Å². The number of piperazine rings is 1. The van der Waals surface area contributed by atoms with Crippen molar-refractivity contribution in [3.8, 4) is 0 Å². The molecule has 6 nitrogen and oxygen atoms in total. The van der Waals surface area contributed by atoms with Crippen molar-refractivity contribution < 1.29 is 14.3 Å². The summed E-state index contributed by atoms with van der Waals surface area (Å²) in [5, 5.41) is 8.81. The van der Waals surface area contributed by atoms with Crippen molar-refractivity contribution in [2.75, 3.05) is 37.6 Å². The zero-order valence-corrected chi connectivity index (χ0v) is 12.3. The highest BCUT2D eigenvalue weighted by atomic mass is 16.4. The van der Waals surface area contributed by atoms with E-state index in [-0.39, 0.29) is 6.54 Å². The van der Waals surface area contributed by atoms with Gasteiger partial charge in [-0.3, -0.25) is 9.69 Å². The highest BCUT2D eigenvalue weighted by Gasteiger charge is 2.22. The Hall–Kier alpha value is -2.08. The average molecular weight is 289 g/mol. The van der Waals surface area contributed by atoms with Crippen molar-refractivity contribution in [1.82, 2.24) is 9.88 Å². The maximum absolute atomic E-state index is 10.7. The summed E-state index contributed by atoms with van der Waals surface area (Å²) < 4.78 is 5.89. The van der Waals surface area contributed by atoms with E-state index in [0.717, 1.165) is 29.8 Å². The Bertz CT molecular complexity index is 672. The van der Waals surface area contributed by atoms with Gasteiger partial charge in [0.15, 0.2) is 5.58 Å². The van der Waals surface area contributed by atoms with Crippen LogP contribution >= 0.6 is 0 Å². The number of carbonyl (C=O) groups is 1. The van der Waals surface area contributed by atoms with Crippen LogP contribution in [0.2, 0.25) is 0 Å². The Balaban J connectivity index is 1.76. The number of aryl methyl sites for hydroxylation is 2. The number of hydrogen-bond acceptors (Lipinski definition) is 5. The number of anilines is 1. The van der Waals surface area contributed by atoms with Crippen molar-refractivity contribution in [3.05, 3.63) is 23.3 Å². The van der Waals surface area contributed by atoms with E-state index in [1.54, 1.807) is 0 Å². The van der Waals surface area contributed by atoms with Gasteiger partial charge in [0.25, 0.3) is 6.01 Å². The predicted octanol–water partition coefficient (Wildman–Crippen LogP) is 1.65. The van der Waals surface area contributed by atoms with Crippen molar-refractivity contribution >= 4 is 23.1 Å². The van der Waals surface area contributed by atoms with Crippen molar-refractivity contribution in [2.45, 2.75) is 13.8 Å². The van der Waals surface area contributed by atoms with Gasteiger partial charge in [0.05, 0.1) is 6.54 Å². The zero-order chi connectivity index (χ0) is 15.0. The molecule has 1 aromatic carbocycles. The highest BCUT2D eigenvalue weighted by molar-refractivity contribution is 5.78. The van der Waals surface area contributed by atoms with Gasteiger partial charge in [0.2, 0.25) is 0 Å². The number of carboxylic acids is 1. The second kappa shape index (κ2) is 5.37. The molecule has 1 fully saturated rings. The molecule has 0 aliphatic carbocycles. The van der Waals surface area contributed by atoms with Crippen LogP contribution < -0.4 is 4.90 Å². The molecule has 0 atom stereocenters. The van der Waals surface area contributed by atoms with Gasteiger partial charge in [-0.1, -0.05) is 6.07 Å². The van der Waals surface area contributed by atoms with Crippen LogP contribution in [0, 0.1) is 13.8 Å². The quantitative estimate of drug-likeness (QED) is 0.926. The number of oxazole rings is 1. The van der Waals surface area contributed by atoms with Crippen LogP contribution in [0.25, 0.3) is 11.1 Å². The Morgan fingerprint density at radius 1 is 1.29 bits per heavy atom. The fourth-order valence-corrected chi connectivity index (χ4v) is 2.79. The van der Waals surface area contributed by atoms with Crippen LogP contribution in [0.4, 0.5) is 6.01 Å². The number of rotatable bonds is 3. The SMILES string of the molecule is Cc1cc(C)c2oc(N3CCN(CC(=O)O)CC3)nc2c1. The Morgan fingerprint density at radius 2 is 2.00 bits per heavy atom. The summed E-state index contributed by atoms with van der Waals surface area (Å²) in [6.45, 7) is 7.06. The summed E-state index contributed by atoms with van der Waals surface area (Å²) in [4.78, 5) is 19.3. The number of aliphatic carboxylic acids is 1. The van der Waals surface area contributed by atoms with E-state index in [1.807, 2.05) is 24.8 Å². The standard InChI is InChI=1S/C15H19N3O3/c1-10-7-11(2)14-12(8-10)16-15(21-14)18-5-3-17(4-6-18)9-13(19)20/h7-8H,3-6,9H2,1-2H3,(H,19,20). The molecule has 1 aliphatic rings. The fourth-order valence-electron chi connectivity index (χ4n) is 2.79. The van der Waals surface area contributed by atoms with Crippen molar-refractivity contribution in [3.63, 3.8) is 0 Å². The molecule has 0 bridgehead atoms. The number of aromatic nitrogens is 1. The summed E-state index contributed by atoms with van der Waals surface area (Å²) in [5.41, 5.74) is 3.98. The van der Waals surface area contributed by atoms with E-state index in [9.17, 15) is 4.79 Å². The van der Waals surface area contributed by atoms with Gasteiger partial charge in [0, 0.05) is 26.2 Å². The van der Waals surface area contributed by atoms with Gasteiger partial charge in [-0.25, -0.2) is 0 Å². The van der Waals surface area contributed by atoms with Crippen LogP contribution in [0.3, 0.4) is 0 Å². The maximum Gasteiger partial charge on any atom is 0.317 e. The van der Waals surface area contributed by atoms with Gasteiger partial charge in [-0.15, -0.1) is 0 Å². The highest BCUT2D eigenvalue weighted by Crippen LogP contribution is 2.26. The Kier molecular flexibility index (Phi) is 3.55. The van der Waals surface area contributed by atoms with E-state index >= 15 is 0 Å².